The van der Waals surface area contributed by atoms with Gasteiger partial charge in [0.15, 0.2) is 0 Å². The first-order valence-corrected chi connectivity index (χ1v) is 9.89. The van der Waals surface area contributed by atoms with E-state index in [1.54, 1.807) is 12.1 Å². The van der Waals surface area contributed by atoms with Crippen LogP contribution in [0.2, 0.25) is 0 Å². The maximum Gasteiger partial charge on any atom is 0.311 e. The Balaban J connectivity index is 1.58. The maximum absolute atomic E-state index is 12.3. The van der Waals surface area contributed by atoms with Gasteiger partial charge < -0.3 is 4.74 Å². The molecule has 0 spiro atoms. The average Bonchev–Trinajstić information content (AvgIpc) is 2.72. The molecule has 0 N–H and O–H groups in total. The van der Waals surface area contributed by atoms with E-state index in [1.165, 1.54) is 0 Å². The third-order valence-electron chi connectivity index (χ3n) is 4.50. The molecule has 0 fully saturated rings. The van der Waals surface area contributed by atoms with Crippen molar-refractivity contribution >= 4 is 32.8 Å². The monoisotopic (exact) mass is 431 g/mol. The van der Waals surface area contributed by atoms with Crippen LogP contribution in [0.15, 0.2) is 89.4 Å². The zero-order valence-electron chi connectivity index (χ0n) is 15.1. The molecule has 4 aromatic rings. The highest BCUT2D eigenvalue weighted by atomic mass is 79.9. The second-order valence-electron chi connectivity index (χ2n) is 6.48. The molecular formula is C24H18BrNO2. The third-order valence-corrected chi connectivity index (χ3v) is 4.99. The summed E-state index contributed by atoms with van der Waals surface area (Å²) in [5.74, 6) is 0.296. The number of fused-ring (bicyclic) bond motifs is 1. The number of para-hydroxylation sites is 1. The normalized spacial score (nSPS) is 10.8. The molecule has 0 amide bonds. The highest BCUT2D eigenvalue weighted by Gasteiger charge is 2.11. The van der Waals surface area contributed by atoms with Crippen LogP contribution in [0.1, 0.15) is 12.0 Å². The van der Waals surface area contributed by atoms with Crippen molar-refractivity contribution in [1.82, 2.24) is 4.98 Å². The van der Waals surface area contributed by atoms with Crippen LogP contribution in [0, 0.1) is 0 Å². The van der Waals surface area contributed by atoms with E-state index in [0.29, 0.717) is 18.6 Å². The predicted octanol–water partition coefficient (Wildman–Crippen LogP) is 6.20. The first-order valence-electron chi connectivity index (χ1n) is 9.09. The lowest BCUT2D eigenvalue weighted by atomic mass is 10.0. The number of pyridine rings is 1. The van der Waals surface area contributed by atoms with E-state index < -0.39 is 0 Å². The van der Waals surface area contributed by atoms with Crippen LogP contribution < -0.4 is 4.74 Å². The van der Waals surface area contributed by atoms with Crippen molar-refractivity contribution in [1.29, 1.82) is 0 Å². The summed E-state index contributed by atoms with van der Waals surface area (Å²) in [5.41, 5.74) is 4.00. The third kappa shape index (κ3) is 4.29. The van der Waals surface area contributed by atoms with Gasteiger partial charge in [0.2, 0.25) is 0 Å². The number of benzene rings is 3. The number of esters is 1. The summed E-state index contributed by atoms with van der Waals surface area (Å²) in [4.78, 5) is 17.1. The number of hydrogen-bond acceptors (Lipinski definition) is 3. The van der Waals surface area contributed by atoms with Gasteiger partial charge in [-0.05, 0) is 42.3 Å². The lowest BCUT2D eigenvalue weighted by Gasteiger charge is -2.10. The molecule has 3 nitrogen and oxygen atoms in total. The van der Waals surface area contributed by atoms with Gasteiger partial charge >= 0.3 is 5.97 Å². The Morgan fingerprint density at radius 1 is 0.893 bits per heavy atom. The summed E-state index contributed by atoms with van der Waals surface area (Å²) < 4.78 is 6.34. The molecule has 0 aliphatic rings. The predicted molar refractivity (Wildman–Crippen MR) is 115 cm³/mol. The minimum atomic E-state index is -0.250. The van der Waals surface area contributed by atoms with Crippen LogP contribution in [0.25, 0.3) is 22.2 Å². The second-order valence-corrected chi connectivity index (χ2v) is 7.40. The summed E-state index contributed by atoms with van der Waals surface area (Å²) in [6, 6.07) is 27.5. The SMILES string of the molecule is O=C(CCc1cc(-c2ccccc2)nc2ccccc12)Oc1cccc(Br)c1. The number of aryl methyl sites for hydroxylation is 1. The van der Waals surface area contributed by atoms with Gasteiger partial charge in [-0.2, -0.15) is 0 Å². The summed E-state index contributed by atoms with van der Waals surface area (Å²) >= 11 is 3.39. The zero-order chi connectivity index (χ0) is 19.3. The van der Waals surface area contributed by atoms with Crippen molar-refractivity contribution in [2.24, 2.45) is 0 Å². The van der Waals surface area contributed by atoms with E-state index in [2.05, 4.69) is 22.0 Å². The van der Waals surface area contributed by atoms with Crippen LogP contribution >= 0.6 is 15.9 Å². The number of ether oxygens (including phenoxy) is 1. The average molecular weight is 432 g/mol. The highest BCUT2D eigenvalue weighted by molar-refractivity contribution is 9.10. The van der Waals surface area contributed by atoms with Crippen molar-refractivity contribution in [3.63, 3.8) is 0 Å². The fourth-order valence-corrected chi connectivity index (χ4v) is 3.54. The van der Waals surface area contributed by atoms with E-state index >= 15 is 0 Å². The molecule has 0 unspecified atom stereocenters. The van der Waals surface area contributed by atoms with Gasteiger partial charge in [-0.25, -0.2) is 4.98 Å². The molecule has 4 rings (SSSR count). The van der Waals surface area contributed by atoms with E-state index in [1.807, 2.05) is 66.7 Å². The Bertz CT molecular complexity index is 1130. The Hall–Kier alpha value is -2.98. The fourth-order valence-electron chi connectivity index (χ4n) is 3.16. The van der Waals surface area contributed by atoms with Gasteiger partial charge in [-0.15, -0.1) is 0 Å². The minimum absolute atomic E-state index is 0.250. The number of carbonyl (C=O) groups excluding carboxylic acids is 1. The zero-order valence-corrected chi connectivity index (χ0v) is 16.7. The van der Waals surface area contributed by atoms with Crippen molar-refractivity contribution in [2.75, 3.05) is 0 Å². The summed E-state index contributed by atoms with van der Waals surface area (Å²) in [6.07, 6.45) is 0.893. The number of aromatic nitrogens is 1. The van der Waals surface area contributed by atoms with Crippen molar-refractivity contribution < 1.29 is 9.53 Å². The number of hydrogen-bond donors (Lipinski definition) is 0. The maximum atomic E-state index is 12.3. The smallest absolute Gasteiger partial charge is 0.311 e. The molecule has 0 aliphatic heterocycles. The van der Waals surface area contributed by atoms with Gasteiger partial charge in [0.25, 0.3) is 0 Å². The molecule has 3 aromatic carbocycles. The summed E-state index contributed by atoms with van der Waals surface area (Å²) in [6.45, 7) is 0. The summed E-state index contributed by atoms with van der Waals surface area (Å²) in [5, 5.41) is 1.07. The number of nitrogens with zero attached hydrogens (tertiary/aromatic N) is 1. The van der Waals surface area contributed by atoms with E-state index in [-0.39, 0.29) is 5.97 Å². The highest BCUT2D eigenvalue weighted by Crippen LogP contribution is 2.26. The van der Waals surface area contributed by atoms with E-state index in [4.69, 9.17) is 9.72 Å². The van der Waals surface area contributed by atoms with Crippen LogP contribution in [-0.4, -0.2) is 11.0 Å². The molecule has 4 heteroatoms. The lowest BCUT2D eigenvalue weighted by molar-refractivity contribution is -0.134. The molecular weight excluding hydrogens is 414 g/mol. The molecule has 0 radical (unpaired) electrons. The lowest BCUT2D eigenvalue weighted by Crippen LogP contribution is -2.09. The van der Waals surface area contributed by atoms with E-state index in [9.17, 15) is 4.79 Å². The Labute approximate surface area is 172 Å². The molecule has 0 saturated carbocycles. The Morgan fingerprint density at radius 2 is 1.68 bits per heavy atom. The molecule has 138 valence electrons. The van der Waals surface area contributed by atoms with Crippen LogP contribution in [0.3, 0.4) is 0 Å². The van der Waals surface area contributed by atoms with Crippen molar-refractivity contribution in [3.8, 4) is 17.0 Å². The molecule has 0 atom stereocenters. The number of rotatable bonds is 5. The Kier molecular flexibility index (Phi) is 5.49. The topological polar surface area (TPSA) is 39.2 Å². The second kappa shape index (κ2) is 8.36. The van der Waals surface area contributed by atoms with Crippen molar-refractivity contribution in [3.05, 3.63) is 95.0 Å². The molecule has 1 heterocycles. The molecule has 0 bridgehead atoms. The van der Waals surface area contributed by atoms with Crippen LogP contribution in [0.5, 0.6) is 5.75 Å². The van der Waals surface area contributed by atoms with Crippen LogP contribution in [-0.2, 0) is 11.2 Å². The minimum Gasteiger partial charge on any atom is -0.426 e. The van der Waals surface area contributed by atoms with Crippen molar-refractivity contribution in [2.45, 2.75) is 12.8 Å². The summed E-state index contributed by atoms with van der Waals surface area (Å²) in [7, 11) is 0. The molecule has 0 saturated heterocycles. The molecule has 0 aliphatic carbocycles. The van der Waals surface area contributed by atoms with Gasteiger partial charge in [-0.1, -0.05) is 70.5 Å². The molecule has 28 heavy (non-hydrogen) atoms. The first-order chi connectivity index (χ1) is 13.7. The number of halogens is 1. The van der Waals surface area contributed by atoms with Crippen LogP contribution in [0.4, 0.5) is 0 Å². The molecule has 1 aromatic heterocycles. The van der Waals surface area contributed by atoms with Gasteiger partial charge in [0.05, 0.1) is 17.6 Å². The number of carbonyl (C=O) groups is 1. The largest absolute Gasteiger partial charge is 0.426 e. The first kappa shape index (κ1) is 18.4. The fraction of sp³-hybridized carbons (Fsp3) is 0.0833. The van der Waals surface area contributed by atoms with Gasteiger partial charge in [0.1, 0.15) is 5.75 Å². The standard InChI is InChI=1S/C24H18BrNO2/c25-19-9-6-10-20(16-19)28-24(27)14-13-18-15-23(17-7-2-1-3-8-17)26-22-12-5-4-11-21(18)22/h1-12,15-16H,13-14H2. The van der Waals surface area contributed by atoms with Gasteiger partial charge in [0, 0.05) is 15.4 Å². The van der Waals surface area contributed by atoms with Gasteiger partial charge in [-0.3, -0.25) is 4.79 Å². The Morgan fingerprint density at radius 3 is 2.50 bits per heavy atom. The quantitative estimate of drug-likeness (QED) is 0.278. The van der Waals surface area contributed by atoms with E-state index in [0.717, 1.165) is 32.2 Å².